The monoisotopic (exact) mass is 544 g/mol. The molecule has 1 aliphatic rings. The SMILES string of the molecule is CC1(C)c2ccc(-c3cccc(-c4ccccn4)n3)cc2C(C)(C)c2ccc(-c3cccc(-c4ccccn4)n3)cc21. The van der Waals surface area contributed by atoms with Gasteiger partial charge in [0.05, 0.1) is 34.2 Å². The summed E-state index contributed by atoms with van der Waals surface area (Å²) in [5, 5.41) is 0. The van der Waals surface area contributed by atoms with Gasteiger partial charge in [0.15, 0.2) is 0 Å². The molecular formula is C38H32N4. The molecule has 4 nitrogen and oxygen atoms in total. The molecule has 1 aliphatic carbocycles. The van der Waals surface area contributed by atoms with E-state index < -0.39 is 0 Å². The minimum atomic E-state index is -0.184. The van der Waals surface area contributed by atoms with Crippen LogP contribution in [-0.4, -0.2) is 19.9 Å². The predicted octanol–water partition coefficient (Wildman–Crippen LogP) is 8.90. The largest absolute Gasteiger partial charge is 0.255 e. The van der Waals surface area contributed by atoms with Gasteiger partial charge in [-0.25, -0.2) is 9.97 Å². The van der Waals surface area contributed by atoms with E-state index in [1.165, 1.54) is 22.3 Å². The number of nitrogens with zero attached hydrogens (tertiary/aromatic N) is 4. The quantitative estimate of drug-likeness (QED) is 0.222. The summed E-state index contributed by atoms with van der Waals surface area (Å²) in [5.74, 6) is 0. The molecule has 4 heteroatoms. The van der Waals surface area contributed by atoms with Gasteiger partial charge in [-0.2, -0.15) is 0 Å². The van der Waals surface area contributed by atoms with Gasteiger partial charge >= 0.3 is 0 Å². The number of hydrogen-bond acceptors (Lipinski definition) is 4. The van der Waals surface area contributed by atoms with Crippen molar-refractivity contribution in [3.63, 3.8) is 0 Å². The van der Waals surface area contributed by atoms with Crippen molar-refractivity contribution in [2.75, 3.05) is 0 Å². The molecule has 0 spiro atoms. The molecule has 0 saturated carbocycles. The van der Waals surface area contributed by atoms with Crippen LogP contribution in [0.4, 0.5) is 0 Å². The highest BCUT2D eigenvalue weighted by atomic mass is 14.8. The predicted molar refractivity (Wildman–Crippen MR) is 170 cm³/mol. The van der Waals surface area contributed by atoms with Crippen LogP contribution >= 0.6 is 0 Å². The molecule has 0 unspecified atom stereocenters. The molecule has 0 saturated heterocycles. The van der Waals surface area contributed by atoms with Crippen LogP contribution in [0.5, 0.6) is 0 Å². The van der Waals surface area contributed by atoms with Crippen LogP contribution in [0.2, 0.25) is 0 Å². The number of benzene rings is 2. The molecule has 6 aromatic rings. The van der Waals surface area contributed by atoms with E-state index in [1.807, 2.05) is 60.9 Å². The van der Waals surface area contributed by atoms with Crippen LogP contribution < -0.4 is 0 Å². The molecule has 0 radical (unpaired) electrons. The zero-order valence-electron chi connectivity index (χ0n) is 24.3. The summed E-state index contributed by atoms with van der Waals surface area (Å²) in [6, 6.07) is 37.9. The Labute approximate surface area is 247 Å². The summed E-state index contributed by atoms with van der Waals surface area (Å²) in [6.45, 7) is 9.34. The van der Waals surface area contributed by atoms with Gasteiger partial charge < -0.3 is 0 Å². The van der Waals surface area contributed by atoms with E-state index in [1.54, 1.807) is 0 Å². The number of aromatic nitrogens is 4. The fourth-order valence-electron chi connectivity index (χ4n) is 6.33. The third kappa shape index (κ3) is 4.31. The standard InChI is InChI=1S/C38H32N4/c1-37(2)27-19-17-26(32-14-10-16-36(42-32)34-12-6-8-22-40-34)24-30(27)38(3,4)28-20-18-25(23-29(28)37)31-13-9-15-35(41-31)33-11-5-7-21-39-33/h5-24H,1-4H3. The first-order valence-corrected chi connectivity index (χ1v) is 14.4. The molecular weight excluding hydrogens is 512 g/mol. The molecule has 204 valence electrons. The molecule has 2 aromatic carbocycles. The zero-order valence-corrected chi connectivity index (χ0v) is 24.3. The first kappa shape index (κ1) is 26.0. The highest BCUT2D eigenvalue weighted by Crippen LogP contribution is 2.51. The van der Waals surface area contributed by atoms with E-state index in [0.29, 0.717) is 0 Å². The number of fused-ring (bicyclic) bond motifs is 2. The van der Waals surface area contributed by atoms with Gasteiger partial charge in [-0.05, 0) is 82.9 Å². The van der Waals surface area contributed by atoms with Crippen molar-refractivity contribution in [2.45, 2.75) is 38.5 Å². The van der Waals surface area contributed by atoms with Crippen molar-refractivity contribution in [1.82, 2.24) is 19.9 Å². The molecule has 4 aromatic heterocycles. The van der Waals surface area contributed by atoms with Crippen LogP contribution in [0.3, 0.4) is 0 Å². The Morgan fingerprint density at radius 3 is 1.19 bits per heavy atom. The number of rotatable bonds is 4. The Bertz CT molecular complexity index is 1780. The lowest BCUT2D eigenvalue weighted by Crippen LogP contribution is -2.36. The summed E-state index contributed by atoms with van der Waals surface area (Å²) in [5.41, 5.74) is 12.7. The number of pyridine rings is 4. The second kappa shape index (κ2) is 9.85. The van der Waals surface area contributed by atoms with E-state index in [9.17, 15) is 0 Å². The summed E-state index contributed by atoms with van der Waals surface area (Å²) < 4.78 is 0. The van der Waals surface area contributed by atoms with Gasteiger partial charge in [0.1, 0.15) is 0 Å². The van der Waals surface area contributed by atoms with Gasteiger partial charge in [0.2, 0.25) is 0 Å². The topological polar surface area (TPSA) is 51.6 Å². The van der Waals surface area contributed by atoms with Crippen LogP contribution in [-0.2, 0) is 10.8 Å². The summed E-state index contributed by atoms with van der Waals surface area (Å²) in [6.07, 6.45) is 3.62. The first-order chi connectivity index (χ1) is 20.3. The van der Waals surface area contributed by atoms with Gasteiger partial charge in [-0.3, -0.25) is 9.97 Å². The van der Waals surface area contributed by atoms with E-state index in [0.717, 1.165) is 45.3 Å². The summed E-state index contributed by atoms with van der Waals surface area (Å²) in [4.78, 5) is 19.0. The van der Waals surface area contributed by atoms with Crippen LogP contribution in [0.1, 0.15) is 49.9 Å². The molecule has 0 fully saturated rings. The molecule has 7 rings (SSSR count). The van der Waals surface area contributed by atoms with Gasteiger partial charge in [-0.1, -0.05) is 76.2 Å². The van der Waals surface area contributed by atoms with E-state index in [4.69, 9.17) is 9.97 Å². The third-order valence-electron chi connectivity index (χ3n) is 8.68. The molecule has 0 aliphatic heterocycles. The third-order valence-corrected chi connectivity index (χ3v) is 8.68. The average molecular weight is 545 g/mol. The lowest BCUT2D eigenvalue weighted by atomic mass is 9.59. The van der Waals surface area contributed by atoms with Crippen molar-refractivity contribution in [3.05, 3.63) is 144 Å². The highest BCUT2D eigenvalue weighted by molar-refractivity contribution is 5.72. The van der Waals surface area contributed by atoms with Gasteiger partial charge in [0, 0.05) is 34.4 Å². The Kier molecular flexibility index (Phi) is 6.09. The Hall–Kier alpha value is -4.96. The van der Waals surface area contributed by atoms with E-state index in [-0.39, 0.29) is 10.8 Å². The lowest BCUT2D eigenvalue weighted by molar-refractivity contribution is 0.521. The second-order valence-electron chi connectivity index (χ2n) is 12.0. The minimum Gasteiger partial charge on any atom is -0.255 e. The van der Waals surface area contributed by atoms with Crippen molar-refractivity contribution in [2.24, 2.45) is 0 Å². The van der Waals surface area contributed by atoms with Crippen LogP contribution in [0.15, 0.2) is 122 Å². The molecule has 4 heterocycles. The summed E-state index contributed by atoms with van der Waals surface area (Å²) >= 11 is 0. The average Bonchev–Trinajstić information content (AvgIpc) is 3.04. The van der Waals surface area contributed by atoms with Crippen molar-refractivity contribution >= 4 is 0 Å². The Morgan fingerprint density at radius 1 is 0.381 bits per heavy atom. The first-order valence-electron chi connectivity index (χ1n) is 14.4. The van der Waals surface area contributed by atoms with E-state index in [2.05, 4.69) is 98.3 Å². The van der Waals surface area contributed by atoms with Crippen molar-refractivity contribution in [3.8, 4) is 45.3 Å². The Morgan fingerprint density at radius 2 is 0.786 bits per heavy atom. The maximum atomic E-state index is 4.99. The zero-order chi connectivity index (χ0) is 28.9. The van der Waals surface area contributed by atoms with E-state index >= 15 is 0 Å². The second-order valence-corrected chi connectivity index (χ2v) is 12.0. The fraction of sp³-hybridized carbons (Fsp3) is 0.158. The van der Waals surface area contributed by atoms with Crippen LogP contribution in [0.25, 0.3) is 45.3 Å². The maximum Gasteiger partial charge on any atom is 0.0893 e. The van der Waals surface area contributed by atoms with Crippen molar-refractivity contribution < 1.29 is 0 Å². The smallest absolute Gasteiger partial charge is 0.0893 e. The molecule has 0 N–H and O–H groups in total. The van der Waals surface area contributed by atoms with Crippen LogP contribution in [0, 0.1) is 0 Å². The minimum absolute atomic E-state index is 0.184. The number of hydrogen-bond donors (Lipinski definition) is 0. The maximum absolute atomic E-state index is 4.99. The molecule has 0 atom stereocenters. The molecule has 42 heavy (non-hydrogen) atoms. The molecule has 0 amide bonds. The normalized spacial score (nSPS) is 14.6. The fourth-order valence-corrected chi connectivity index (χ4v) is 6.33. The molecule has 0 bridgehead atoms. The Balaban J connectivity index is 1.30. The lowest BCUT2D eigenvalue weighted by Gasteiger charge is -2.44. The highest BCUT2D eigenvalue weighted by Gasteiger charge is 2.41. The van der Waals surface area contributed by atoms with Crippen molar-refractivity contribution in [1.29, 1.82) is 0 Å². The van der Waals surface area contributed by atoms with Gasteiger partial charge in [-0.15, -0.1) is 0 Å². The van der Waals surface area contributed by atoms with Gasteiger partial charge in [0.25, 0.3) is 0 Å². The summed E-state index contributed by atoms with van der Waals surface area (Å²) in [7, 11) is 0.